The Kier molecular flexibility index (Phi) is 40.8. The number of carboxylic acids is 1. The van der Waals surface area contributed by atoms with E-state index >= 15 is 0 Å². The molecular formula is C24H52AlO4. The first-order valence-electron chi connectivity index (χ1n) is 11.8. The molecule has 0 aliphatic carbocycles. The molecule has 175 valence electrons. The van der Waals surface area contributed by atoms with Gasteiger partial charge < -0.3 is 15.3 Å². The van der Waals surface area contributed by atoms with Gasteiger partial charge in [-0.25, -0.2) is 0 Å². The van der Waals surface area contributed by atoms with Crippen LogP contribution in [0.25, 0.3) is 0 Å². The van der Waals surface area contributed by atoms with Crippen molar-refractivity contribution in [3.05, 3.63) is 0 Å². The van der Waals surface area contributed by atoms with Crippen molar-refractivity contribution >= 4 is 23.3 Å². The van der Waals surface area contributed by atoms with Crippen LogP contribution in [0.4, 0.5) is 0 Å². The molecule has 0 saturated carbocycles. The van der Waals surface area contributed by atoms with Gasteiger partial charge >= 0.3 is 5.97 Å². The Bertz CT molecular complexity index is 273. The van der Waals surface area contributed by atoms with E-state index < -0.39 is 5.97 Å². The van der Waals surface area contributed by atoms with Crippen LogP contribution in [0.2, 0.25) is 0 Å². The lowest BCUT2D eigenvalue weighted by Gasteiger charge is -2.03. The van der Waals surface area contributed by atoms with Crippen molar-refractivity contribution in [1.29, 1.82) is 0 Å². The molecular weight excluding hydrogens is 379 g/mol. The third kappa shape index (κ3) is 65.5. The molecule has 0 bridgehead atoms. The summed E-state index contributed by atoms with van der Waals surface area (Å²) in [7, 11) is 0. The molecule has 0 saturated heterocycles. The number of aliphatic hydroxyl groups is 2. The smallest absolute Gasteiger partial charge is 0.303 e. The number of carbonyl (C=O) groups is 1. The van der Waals surface area contributed by atoms with Gasteiger partial charge in [0.25, 0.3) is 0 Å². The van der Waals surface area contributed by atoms with Gasteiger partial charge in [-0.15, -0.1) is 0 Å². The van der Waals surface area contributed by atoms with Crippen molar-refractivity contribution in [3.8, 4) is 0 Å². The molecule has 0 rings (SSSR count). The summed E-state index contributed by atoms with van der Waals surface area (Å²) < 4.78 is 0. The Labute approximate surface area is 193 Å². The molecule has 29 heavy (non-hydrogen) atoms. The van der Waals surface area contributed by atoms with Gasteiger partial charge in [-0.05, 0) is 34.1 Å². The molecule has 0 aromatic heterocycles. The molecule has 0 aromatic carbocycles. The third-order valence-electron chi connectivity index (χ3n) is 3.99. The zero-order valence-electron chi connectivity index (χ0n) is 20.3. The van der Waals surface area contributed by atoms with Gasteiger partial charge in [0.1, 0.15) is 0 Å². The first kappa shape index (κ1) is 36.3. The summed E-state index contributed by atoms with van der Waals surface area (Å²) in [6, 6.07) is 0. The fourth-order valence-corrected chi connectivity index (χ4v) is 2.65. The van der Waals surface area contributed by atoms with Crippen LogP contribution in [0, 0.1) is 0 Å². The van der Waals surface area contributed by atoms with E-state index in [4.69, 9.17) is 15.3 Å². The highest BCUT2D eigenvalue weighted by Crippen LogP contribution is 2.13. The third-order valence-corrected chi connectivity index (χ3v) is 3.99. The summed E-state index contributed by atoms with van der Waals surface area (Å²) in [5.74, 6) is -0.653. The highest BCUT2D eigenvalue weighted by atomic mass is 27.0. The van der Waals surface area contributed by atoms with Crippen LogP contribution < -0.4 is 0 Å². The van der Waals surface area contributed by atoms with Gasteiger partial charge in [0.15, 0.2) is 0 Å². The van der Waals surface area contributed by atoms with E-state index in [1.54, 1.807) is 27.7 Å². The highest BCUT2D eigenvalue weighted by molar-refractivity contribution is 5.75. The Balaban J connectivity index is -0.000000294. The largest absolute Gasteiger partial charge is 0.481 e. The van der Waals surface area contributed by atoms with Crippen molar-refractivity contribution in [3.63, 3.8) is 0 Å². The van der Waals surface area contributed by atoms with Crippen LogP contribution in [0.15, 0.2) is 0 Å². The molecule has 5 heteroatoms. The number of hydrogen-bond acceptors (Lipinski definition) is 3. The zero-order valence-corrected chi connectivity index (χ0v) is 21.5. The summed E-state index contributed by atoms with van der Waals surface area (Å²) in [5.41, 5.74) is 0. The van der Waals surface area contributed by atoms with Crippen LogP contribution >= 0.6 is 0 Å². The number of hydrogen-bond donors (Lipinski definition) is 3. The number of aliphatic hydroxyl groups excluding tert-OH is 2. The van der Waals surface area contributed by atoms with Crippen LogP contribution in [0.5, 0.6) is 0 Å². The Morgan fingerprint density at radius 3 is 1.00 bits per heavy atom. The minimum absolute atomic E-state index is 0. The quantitative estimate of drug-likeness (QED) is 0.187. The minimum Gasteiger partial charge on any atom is -0.481 e. The van der Waals surface area contributed by atoms with E-state index in [0.717, 1.165) is 12.8 Å². The molecule has 3 N–H and O–H groups in total. The van der Waals surface area contributed by atoms with Gasteiger partial charge in [-0.3, -0.25) is 4.79 Å². The van der Waals surface area contributed by atoms with Crippen molar-refractivity contribution in [2.24, 2.45) is 0 Å². The van der Waals surface area contributed by atoms with Gasteiger partial charge in [0, 0.05) is 36.0 Å². The summed E-state index contributed by atoms with van der Waals surface area (Å²) >= 11 is 0. The van der Waals surface area contributed by atoms with E-state index in [1.807, 2.05) is 0 Å². The van der Waals surface area contributed by atoms with Crippen molar-refractivity contribution < 1.29 is 20.1 Å². The van der Waals surface area contributed by atoms with Crippen LogP contribution in [-0.4, -0.2) is 50.9 Å². The standard InChI is InChI=1S/C18H36O2.2C3H8O.Al/c1-2-3-4-5-6-7-8-9-10-11-12-13-14-15-16-17-18(19)20;2*1-3(2)4;/h2-17H2,1H3,(H,19,20);2*3-4H,1-2H3;. The second kappa shape index (κ2) is 32.6. The summed E-state index contributed by atoms with van der Waals surface area (Å²) in [5, 5.41) is 24.6. The number of carboxylic acid groups (broad SMARTS) is 1. The van der Waals surface area contributed by atoms with E-state index in [-0.39, 0.29) is 29.6 Å². The molecule has 0 spiro atoms. The van der Waals surface area contributed by atoms with Crippen LogP contribution in [-0.2, 0) is 4.79 Å². The summed E-state index contributed by atoms with van der Waals surface area (Å²) in [4.78, 5) is 10.3. The van der Waals surface area contributed by atoms with E-state index in [1.165, 1.54) is 83.5 Å². The number of aliphatic carboxylic acids is 1. The van der Waals surface area contributed by atoms with Gasteiger partial charge in [0.2, 0.25) is 0 Å². The lowest BCUT2D eigenvalue weighted by atomic mass is 10.0. The second-order valence-electron chi connectivity index (χ2n) is 8.28. The second-order valence-corrected chi connectivity index (χ2v) is 8.28. The Hall–Kier alpha value is -0.0775. The Morgan fingerprint density at radius 1 is 0.586 bits per heavy atom. The van der Waals surface area contributed by atoms with Gasteiger partial charge in [-0.2, -0.15) is 0 Å². The van der Waals surface area contributed by atoms with E-state index in [2.05, 4.69) is 6.92 Å². The van der Waals surface area contributed by atoms with Crippen molar-refractivity contribution in [2.75, 3.05) is 0 Å². The first-order valence-corrected chi connectivity index (χ1v) is 11.8. The maximum absolute atomic E-state index is 10.3. The SMILES string of the molecule is CC(C)O.CC(C)O.CCCCCCCCCCCCCCCCCC(=O)O.[Al]. The summed E-state index contributed by atoms with van der Waals surface area (Å²) in [6.45, 7) is 9.16. The van der Waals surface area contributed by atoms with Crippen LogP contribution in [0.1, 0.15) is 137 Å². The topological polar surface area (TPSA) is 77.8 Å². The predicted octanol–water partition coefficient (Wildman–Crippen LogP) is 6.73. The lowest BCUT2D eigenvalue weighted by Crippen LogP contribution is -1.93. The zero-order chi connectivity index (χ0) is 22.0. The minimum atomic E-state index is -0.653. The molecule has 4 nitrogen and oxygen atoms in total. The normalized spacial score (nSPS) is 9.97. The maximum atomic E-state index is 10.3. The maximum Gasteiger partial charge on any atom is 0.303 e. The number of unbranched alkanes of at least 4 members (excludes halogenated alkanes) is 14. The molecule has 0 heterocycles. The molecule has 0 aromatic rings. The van der Waals surface area contributed by atoms with Gasteiger partial charge in [-0.1, -0.05) is 96.8 Å². The number of rotatable bonds is 16. The van der Waals surface area contributed by atoms with Crippen LogP contribution in [0.3, 0.4) is 0 Å². The molecule has 0 aliphatic rings. The molecule has 0 aliphatic heterocycles. The van der Waals surface area contributed by atoms with Gasteiger partial charge in [0.05, 0.1) is 0 Å². The predicted molar refractivity (Wildman–Crippen MR) is 128 cm³/mol. The van der Waals surface area contributed by atoms with E-state index in [0.29, 0.717) is 6.42 Å². The Morgan fingerprint density at radius 2 is 0.793 bits per heavy atom. The average Bonchev–Trinajstić information content (AvgIpc) is 2.57. The lowest BCUT2D eigenvalue weighted by molar-refractivity contribution is -0.137. The highest BCUT2D eigenvalue weighted by Gasteiger charge is 1.97. The van der Waals surface area contributed by atoms with E-state index in [9.17, 15) is 4.79 Å². The average molecular weight is 432 g/mol. The molecule has 0 fully saturated rings. The molecule has 3 radical (unpaired) electrons. The fourth-order valence-electron chi connectivity index (χ4n) is 2.65. The summed E-state index contributed by atoms with van der Waals surface area (Å²) in [6.07, 6.45) is 19.9. The van der Waals surface area contributed by atoms with Crippen molar-refractivity contribution in [2.45, 2.75) is 150 Å². The molecule has 0 amide bonds. The van der Waals surface area contributed by atoms with Crippen molar-refractivity contribution in [1.82, 2.24) is 0 Å². The molecule has 0 atom stereocenters. The first-order chi connectivity index (χ1) is 13.2. The fraction of sp³-hybridized carbons (Fsp3) is 0.958. The monoisotopic (exact) mass is 431 g/mol. The molecule has 0 unspecified atom stereocenters.